The van der Waals surface area contributed by atoms with Crippen molar-refractivity contribution < 1.29 is 4.74 Å². The summed E-state index contributed by atoms with van der Waals surface area (Å²) in [6, 6.07) is 4.23. The zero-order valence-electron chi connectivity index (χ0n) is 13.2. The molecule has 0 spiro atoms. The largest absolute Gasteiger partial charge is 0.375 e. The second-order valence-corrected chi connectivity index (χ2v) is 5.78. The van der Waals surface area contributed by atoms with Crippen LogP contribution in [0, 0.1) is 6.92 Å². The van der Waals surface area contributed by atoms with Crippen LogP contribution in [0.25, 0.3) is 0 Å². The lowest BCUT2D eigenvalue weighted by Gasteiger charge is -2.32. The minimum Gasteiger partial charge on any atom is -0.375 e. The van der Waals surface area contributed by atoms with E-state index in [1.54, 1.807) is 0 Å². The highest BCUT2D eigenvalue weighted by atomic mass is 16.5. The van der Waals surface area contributed by atoms with Crippen molar-refractivity contribution in [2.24, 2.45) is 0 Å². The van der Waals surface area contributed by atoms with Crippen LogP contribution < -0.4 is 10.2 Å². The minimum atomic E-state index is 0.273. The van der Waals surface area contributed by atoms with Gasteiger partial charge in [-0.3, -0.25) is 5.10 Å². The molecule has 1 fully saturated rings. The molecule has 0 aromatic carbocycles. The summed E-state index contributed by atoms with van der Waals surface area (Å²) in [5.41, 5.74) is 3.50. The highest BCUT2D eigenvalue weighted by molar-refractivity contribution is 5.39. The van der Waals surface area contributed by atoms with Gasteiger partial charge < -0.3 is 15.0 Å². The summed E-state index contributed by atoms with van der Waals surface area (Å²) in [5.74, 6) is 1.03. The third kappa shape index (κ3) is 3.64. The fourth-order valence-electron chi connectivity index (χ4n) is 2.63. The Morgan fingerprint density at radius 1 is 1.36 bits per heavy atom. The number of aromatic nitrogens is 3. The summed E-state index contributed by atoms with van der Waals surface area (Å²) in [4.78, 5) is 6.86. The maximum Gasteiger partial charge on any atom is 0.128 e. The van der Waals surface area contributed by atoms with E-state index in [4.69, 9.17) is 4.74 Å². The maximum absolute atomic E-state index is 5.56. The Balaban J connectivity index is 1.52. The molecule has 1 aliphatic heterocycles. The number of H-pyrrole nitrogens is 1. The van der Waals surface area contributed by atoms with Crippen LogP contribution in [0.15, 0.2) is 24.5 Å². The van der Waals surface area contributed by atoms with Gasteiger partial charge in [0.05, 0.1) is 18.9 Å². The van der Waals surface area contributed by atoms with E-state index in [0.29, 0.717) is 0 Å². The third-order valence-corrected chi connectivity index (χ3v) is 3.95. The van der Waals surface area contributed by atoms with Gasteiger partial charge in [0.2, 0.25) is 0 Å². The molecule has 0 bridgehead atoms. The topological polar surface area (TPSA) is 66.1 Å². The number of rotatable bonds is 5. The molecule has 118 valence electrons. The first kappa shape index (κ1) is 15.0. The number of pyridine rings is 1. The molecule has 0 radical (unpaired) electrons. The fourth-order valence-corrected chi connectivity index (χ4v) is 2.63. The van der Waals surface area contributed by atoms with Crippen molar-refractivity contribution in [2.75, 3.05) is 24.6 Å². The number of aryl methyl sites for hydroxylation is 1. The van der Waals surface area contributed by atoms with Crippen LogP contribution in [0.5, 0.6) is 0 Å². The number of hydrogen-bond acceptors (Lipinski definition) is 5. The maximum atomic E-state index is 5.56. The first-order valence-electron chi connectivity index (χ1n) is 7.73. The number of morpholine rings is 1. The van der Waals surface area contributed by atoms with E-state index in [0.717, 1.165) is 44.3 Å². The smallest absolute Gasteiger partial charge is 0.128 e. The summed E-state index contributed by atoms with van der Waals surface area (Å²) in [7, 11) is 0. The molecule has 3 rings (SSSR count). The van der Waals surface area contributed by atoms with Gasteiger partial charge >= 0.3 is 0 Å². The van der Waals surface area contributed by atoms with Gasteiger partial charge in [-0.25, -0.2) is 4.98 Å². The van der Waals surface area contributed by atoms with Crippen LogP contribution in [-0.2, 0) is 17.8 Å². The summed E-state index contributed by atoms with van der Waals surface area (Å²) in [6.45, 7) is 8.34. The van der Waals surface area contributed by atoms with E-state index < -0.39 is 0 Å². The van der Waals surface area contributed by atoms with Crippen molar-refractivity contribution in [1.82, 2.24) is 20.5 Å². The molecule has 2 aromatic heterocycles. The molecule has 2 N–H and O–H groups in total. The van der Waals surface area contributed by atoms with Crippen LogP contribution in [-0.4, -0.2) is 41.0 Å². The van der Waals surface area contributed by atoms with Gasteiger partial charge in [-0.05, 0) is 25.5 Å². The Bertz CT molecular complexity index is 595. The fraction of sp³-hybridized carbons (Fsp3) is 0.500. The molecule has 0 aliphatic carbocycles. The van der Waals surface area contributed by atoms with E-state index in [-0.39, 0.29) is 6.10 Å². The van der Waals surface area contributed by atoms with E-state index in [9.17, 15) is 0 Å². The summed E-state index contributed by atoms with van der Waals surface area (Å²) in [5, 5.41) is 10.4. The lowest BCUT2D eigenvalue weighted by atomic mass is 10.2. The van der Waals surface area contributed by atoms with Crippen molar-refractivity contribution in [3.05, 3.63) is 41.3 Å². The second-order valence-electron chi connectivity index (χ2n) is 5.78. The molecular weight excluding hydrogens is 278 g/mol. The first-order valence-corrected chi connectivity index (χ1v) is 7.73. The number of nitrogens with one attached hydrogen (secondary N) is 2. The van der Waals surface area contributed by atoms with Crippen molar-refractivity contribution in [3.8, 4) is 0 Å². The zero-order valence-corrected chi connectivity index (χ0v) is 13.2. The molecular formula is C16H23N5O. The number of anilines is 1. The molecule has 6 nitrogen and oxygen atoms in total. The van der Waals surface area contributed by atoms with E-state index in [2.05, 4.69) is 44.5 Å². The summed E-state index contributed by atoms with van der Waals surface area (Å²) < 4.78 is 5.56. The van der Waals surface area contributed by atoms with Crippen molar-refractivity contribution in [2.45, 2.75) is 33.0 Å². The molecule has 22 heavy (non-hydrogen) atoms. The predicted molar refractivity (Wildman–Crippen MR) is 85.7 cm³/mol. The van der Waals surface area contributed by atoms with Gasteiger partial charge in [-0.15, -0.1) is 0 Å². The standard InChI is InChI=1S/C16H23N5O/c1-12-11-21(5-6-22-12)16-4-3-14(8-18-16)7-17-9-15-10-19-20-13(15)2/h3-4,8,10,12,17H,5-7,9,11H2,1-2H3,(H,19,20)/t12-/m0/s1. The third-order valence-electron chi connectivity index (χ3n) is 3.95. The molecule has 1 saturated heterocycles. The SMILES string of the molecule is Cc1[nH]ncc1CNCc1ccc(N2CCO[C@@H](C)C2)nc1. The Hall–Kier alpha value is -1.92. The van der Waals surface area contributed by atoms with Crippen LogP contribution >= 0.6 is 0 Å². The van der Waals surface area contributed by atoms with Crippen molar-refractivity contribution >= 4 is 5.82 Å². The molecule has 0 saturated carbocycles. The van der Waals surface area contributed by atoms with Gasteiger partial charge in [0.15, 0.2) is 0 Å². The quantitative estimate of drug-likeness (QED) is 0.878. The molecule has 0 amide bonds. The van der Waals surface area contributed by atoms with Gasteiger partial charge in [0.25, 0.3) is 0 Å². The minimum absolute atomic E-state index is 0.273. The molecule has 1 atom stereocenters. The predicted octanol–water partition coefficient (Wildman–Crippen LogP) is 1.63. The Morgan fingerprint density at radius 3 is 2.95 bits per heavy atom. The van der Waals surface area contributed by atoms with Gasteiger partial charge in [0.1, 0.15) is 5.82 Å². The molecule has 2 aromatic rings. The van der Waals surface area contributed by atoms with Gasteiger partial charge in [-0.2, -0.15) is 5.10 Å². The summed E-state index contributed by atoms with van der Waals surface area (Å²) in [6.07, 6.45) is 4.09. The highest BCUT2D eigenvalue weighted by Gasteiger charge is 2.17. The molecule has 3 heterocycles. The average Bonchev–Trinajstić information content (AvgIpc) is 2.93. The Kier molecular flexibility index (Phi) is 4.70. The van der Waals surface area contributed by atoms with Crippen molar-refractivity contribution in [3.63, 3.8) is 0 Å². The number of hydrogen-bond donors (Lipinski definition) is 2. The second kappa shape index (κ2) is 6.89. The van der Waals surface area contributed by atoms with Gasteiger partial charge in [-0.1, -0.05) is 6.07 Å². The Morgan fingerprint density at radius 2 is 2.27 bits per heavy atom. The van der Waals surface area contributed by atoms with Gasteiger partial charge in [0, 0.05) is 43.6 Å². The molecule has 0 unspecified atom stereocenters. The molecule has 1 aliphatic rings. The normalized spacial score (nSPS) is 18.6. The van der Waals surface area contributed by atoms with Crippen LogP contribution in [0.4, 0.5) is 5.82 Å². The van der Waals surface area contributed by atoms with E-state index in [1.807, 2.05) is 19.3 Å². The monoisotopic (exact) mass is 301 g/mol. The van der Waals surface area contributed by atoms with E-state index >= 15 is 0 Å². The highest BCUT2D eigenvalue weighted by Crippen LogP contribution is 2.15. The number of ether oxygens (including phenoxy) is 1. The average molecular weight is 301 g/mol. The van der Waals surface area contributed by atoms with Crippen LogP contribution in [0.3, 0.4) is 0 Å². The Labute approximate surface area is 130 Å². The van der Waals surface area contributed by atoms with E-state index in [1.165, 1.54) is 11.1 Å². The zero-order chi connectivity index (χ0) is 15.4. The van der Waals surface area contributed by atoms with Crippen LogP contribution in [0.1, 0.15) is 23.7 Å². The lowest BCUT2D eigenvalue weighted by Crippen LogP contribution is -2.41. The first-order chi connectivity index (χ1) is 10.7. The number of aromatic amines is 1. The van der Waals surface area contributed by atoms with Crippen LogP contribution in [0.2, 0.25) is 0 Å². The van der Waals surface area contributed by atoms with Crippen molar-refractivity contribution in [1.29, 1.82) is 0 Å². The number of nitrogens with zero attached hydrogens (tertiary/aromatic N) is 3. The summed E-state index contributed by atoms with van der Waals surface area (Å²) >= 11 is 0. The molecule has 6 heteroatoms. The lowest BCUT2D eigenvalue weighted by molar-refractivity contribution is 0.0529.